The average molecular weight is 165 g/mol. The van der Waals surface area contributed by atoms with Gasteiger partial charge in [-0.1, -0.05) is 24.3 Å². The summed E-state index contributed by atoms with van der Waals surface area (Å²) < 4.78 is 0. The molecule has 0 radical (unpaired) electrons. The first-order chi connectivity index (χ1) is 5.54. The van der Waals surface area contributed by atoms with Crippen molar-refractivity contribution in [1.82, 2.24) is 4.90 Å². The highest BCUT2D eigenvalue weighted by atomic mass is 15.0. The molecule has 1 aromatic rings. The molecule has 1 nitrogen and oxygen atoms in total. The topological polar surface area (TPSA) is 3.24 Å². The van der Waals surface area contributed by atoms with Gasteiger partial charge in [0.05, 0.1) is 0 Å². The van der Waals surface area contributed by atoms with Crippen LogP contribution in [-0.2, 0) is 0 Å². The summed E-state index contributed by atoms with van der Waals surface area (Å²) in [6.45, 7) is 4.24. The Kier molecular flexibility index (Phi) is 5.39. The summed E-state index contributed by atoms with van der Waals surface area (Å²) in [7, 11) is 6.00. The van der Waals surface area contributed by atoms with Gasteiger partial charge in [-0.25, -0.2) is 0 Å². The van der Waals surface area contributed by atoms with Crippen LogP contribution in [0.25, 0.3) is 0 Å². The summed E-state index contributed by atoms with van der Waals surface area (Å²) in [5.41, 5.74) is 2.74. The molecule has 1 rings (SSSR count). The van der Waals surface area contributed by atoms with Crippen molar-refractivity contribution < 1.29 is 0 Å². The van der Waals surface area contributed by atoms with Crippen molar-refractivity contribution in [2.75, 3.05) is 21.1 Å². The first-order valence-electron chi connectivity index (χ1n) is 4.17. The SMILES string of the molecule is CN(C)C.Cc1ccccc1C. The molecule has 0 spiro atoms. The second-order valence-corrected chi connectivity index (χ2v) is 3.43. The lowest BCUT2D eigenvalue weighted by molar-refractivity contribution is 0.505. The first kappa shape index (κ1) is 11.2. The van der Waals surface area contributed by atoms with Gasteiger partial charge in [-0.2, -0.15) is 0 Å². The zero-order valence-electron chi connectivity index (χ0n) is 8.76. The lowest BCUT2D eigenvalue weighted by atomic mass is 10.1. The van der Waals surface area contributed by atoms with E-state index in [1.54, 1.807) is 0 Å². The van der Waals surface area contributed by atoms with Gasteiger partial charge < -0.3 is 4.90 Å². The lowest BCUT2D eigenvalue weighted by Gasteiger charge is -1.93. The van der Waals surface area contributed by atoms with Crippen molar-refractivity contribution in [3.8, 4) is 0 Å². The summed E-state index contributed by atoms with van der Waals surface area (Å²) in [5.74, 6) is 0. The van der Waals surface area contributed by atoms with Crippen LogP contribution in [0.2, 0.25) is 0 Å². The fourth-order valence-electron chi connectivity index (χ4n) is 0.663. The highest BCUT2D eigenvalue weighted by molar-refractivity contribution is 5.23. The van der Waals surface area contributed by atoms with Crippen LogP contribution < -0.4 is 0 Å². The van der Waals surface area contributed by atoms with Gasteiger partial charge in [0.25, 0.3) is 0 Å². The van der Waals surface area contributed by atoms with Gasteiger partial charge in [0.2, 0.25) is 0 Å². The molecule has 0 N–H and O–H groups in total. The Morgan fingerprint density at radius 2 is 1.08 bits per heavy atom. The minimum atomic E-state index is 1.37. The number of hydrogen-bond donors (Lipinski definition) is 0. The Bertz CT molecular complexity index is 192. The normalized spacial score (nSPS) is 9.17. The minimum Gasteiger partial charge on any atom is -0.312 e. The summed E-state index contributed by atoms with van der Waals surface area (Å²) >= 11 is 0. The van der Waals surface area contributed by atoms with Crippen LogP contribution in [0.1, 0.15) is 11.1 Å². The summed E-state index contributed by atoms with van der Waals surface area (Å²) in [6.07, 6.45) is 0. The number of aryl methyl sites for hydroxylation is 2. The molecule has 0 fully saturated rings. The van der Waals surface area contributed by atoms with E-state index in [0.29, 0.717) is 0 Å². The lowest BCUT2D eigenvalue weighted by Crippen LogP contribution is -1.99. The van der Waals surface area contributed by atoms with Crippen molar-refractivity contribution in [3.05, 3.63) is 35.4 Å². The van der Waals surface area contributed by atoms with E-state index in [2.05, 4.69) is 38.1 Å². The molecule has 0 aliphatic rings. The molecule has 0 heterocycles. The Morgan fingerprint density at radius 1 is 0.833 bits per heavy atom. The number of hydrogen-bond acceptors (Lipinski definition) is 1. The third kappa shape index (κ3) is 5.93. The maximum Gasteiger partial charge on any atom is -0.0140 e. The van der Waals surface area contributed by atoms with Crippen LogP contribution >= 0.6 is 0 Å². The van der Waals surface area contributed by atoms with E-state index in [9.17, 15) is 0 Å². The van der Waals surface area contributed by atoms with Crippen LogP contribution in [-0.4, -0.2) is 26.0 Å². The van der Waals surface area contributed by atoms with Crippen LogP contribution in [0.4, 0.5) is 0 Å². The second-order valence-electron chi connectivity index (χ2n) is 3.43. The number of benzene rings is 1. The molecule has 0 aromatic heterocycles. The van der Waals surface area contributed by atoms with Crippen LogP contribution in [0, 0.1) is 13.8 Å². The highest BCUT2D eigenvalue weighted by Gasteiger charge is 1.83. The molecule has 0 aliphatic heterocycles. The van der Waals surface area contributed by atoms with Crippen molar-refractivity contribution in [3.63, 3.8) is 0 Å². The molecule has 12 heavy (non-hydrogen) atoms. The minimum absolute atomic E-state index is 1.37. The maximum atomic E-state index is 2.12. The molecule has 0 unspecified atom stereocenters. The van der Waals surface area contributed by atoms with Crippen LogP contribution in [0.15, 0.2) is 24.3 Å². The van der Waals surface area contributed by atoms with Crippen LogP contribution in [0.3, 0.4) is 0 Å². The summed E-state index contributed by atoms with van der Waals surface area (Å²) in [5, 5.41) is 0. The predicted octanol–water partition coefficient (Wildman–Crippen LogP) is 2.48. The third-order valence-corrected chi connectivity index (χ3v) is 1.43. The van der Waals surface area contributed by atoms with E-state index in [-0.39, 0.29) is 0 Å². The molecule has 1 aromatic carbocycles. The molecule has 0 bridgehead atoms. The molecule has 0 saturated heterocycles. The molecular formula is C11H19N. The molecule has 1 heteroatoms. The standard InChI is InChI=1S/C8H10.C3H9N/c1-7-5-3-4-6-8(7)2;1-4(2)3/h3-6H,1-2H3;1-3H3. The van der Waals surface area contributed by atoms with Gasteiger partial charge in [0.15, 0.2) is 0 Å². The number of nitrogens with zero attached hydrogens (tertiary/aromatic N) is 1. The molecular weight excluding hydrogens is 146 g/mol. The Balaban J connectivity index is 0.000000261. The van der Waals surface area contributed by atoms with Crippen LogP contribution in [0.5, 0.6) is 0 Å². The van der Waals surface area contributed by atoms with E-state index >= 15 is 0 Å². The van der Waals surface area contributed by atoms with Crippen molar-refractivity contribution in [2.24, 2.45) is 0 Å². The van der Waals surface area contributed by atoms with Gasteiger partial charge in [0, 0.05) is 0 Å². The van der Waals surface area contributed by atoms with E-state index in [1.165, 1.54) is 11.1 Å². The second kappa shape index (κ2) is 5.78. The first-order valence-corrected chi connectivity index (χ1v) is 4.17. The smallest absolute Gasteiger partial charge is 0.0140 e. The molecule has 0 aliphatic carbocycles. The molecule has 0 amide bonds. The summed E-state index contributed by atoms with van der Waals surface area (Å²) in [4.78, 5) is 2.00. The summed E-state index contributed by atoms with van der Waals surface area (Å²) in [6, 6.07) is 8.36. The molecule has 0 saturated carbocycles. The number of rotatable bonds is 0. The van der Waals surface area contributed by atoms with Crippen molar-refractivity contribution >= 4 is 0 Å². The quantitative estimate of drug-likeness (QED) is 0.571. The predicted molar refractivity (Wildman–Crippen MR) is 55.5 cm³/mol. The third-order valence-electron chi connectivity index (χ3n) is 1.43. The Morgan fingerprint density at radius 3 is 1.25 bits per heavy atom. The fourth-order valence-corrected chi connectivity index (χ4v) is 0.663. The van der Waals surface area contributed by atoms with E-state index < -0.39 is 0 Å². The molecule has 0 atom stereocenters. The van der Waals surface area contributed by atoms with E-state index in [0.717, 1.165) is 0 Å². The van der Waals surface area contributed by atoms with E-state index in [4.69, 9.17) is 0 Å². The molecule has 68 valence electrons. The zero-order valence-corrected chi connectivity index (χ0v) is 8.76. The van der Waals surface area contributed by atoms with Gasteiger partial charge in [-0.05, 0) is 46.1 Å². The van der Waals surface area contributed by atoms with Gasteiger partial charge in [-0.15, -0.1) is 0 Å². The van der Waals surface area contributed by atoms with E-state index in [1.807, 2.05) is 26.0 Å². The average Bonchev–Trinajstić information content (AvgIpc) is 1.94. The largest absolute Gasteiger partial charge is 0.312 e. The Hall–Kier alpha value is -0.820. The monoisotopic (exact) mass is 165 g/mol. The van der Waals surface area contributed by atoms with Crippen molar-refractivity contribution in [2.45, 2.75) is 13.8 Å². The maximum absolute atomic E-state index is 2.12. The van der Waals surface area contributed by atoms with Gasteiger partial charge >= 0.3 is 0 Å². The van der Waals surface area contributed by atoms with Crippen molar-refractivity contribution in [1.29, 1.82) is 0 Å². The fraction of sp³-hybridized carbons (Fsp3) is 0.455. The highest BCUT2D eigenvalue weighted by Crippen LogP contribution is 2.02. The van der Waals surface area contributed by atoms with Gasteiger partial charge in [0.1, 0.15) is 0 Å². The zero-order chi connectivity index (χ0) is 9.56. The van der Waals surface area contributed by atoms with Gasteiger partial charge in [-0.3, -0.25) is 0 Å². The Labute approximate surface area is 76.0 Å².